The fraction of sp³-hybridized carbons (Fsp3) is 0.375. The summed E-state index contributed by atoms with van der Waals surface area (Å²) in [5.41, 5.74) is 0.171. The van der Waals surface area contributed by atoms with Gasteiger partial charge in [-0.1, -0.05) is 26.0 Å². The number of β-lactam (4-membered cyclic amide) rings is 1. The highest BCUT2D eigenvalue weighted by molar-refractivity contribution is 5.98. The van der Waals surface area contributed by atoms with Crippen molar-refractivity contribution in [1.29, 1.82) is 0 Å². The van der Waals surface area contributed by atoms with E-state index < -0.39 is 10.9 Å². The summed E-state index contributed by atoms with van der Waals surface area (Å²) in [5.74, 6) is -0.735. The molecule has 0 unspecified atom stereocenters. The Hall–Kier alpha value is -2.70. The number of esters is 1. The second-order valence-electron chi connectivity index (χ2n) is 6.30. The van der Waals surface area contributed by atoms with Crippen LogP contribution in [0.1, 0.15) is 25.8 Å². The molecule has 0 radical (unpaired) electrons. The van der Waals surface area contributed by atoms with Crippen molar-refractivity contribution in [2.75, 3.05) is 0 Å². The maximum absolute atomic E-state index is 12.3. The molecule has 120 valence electrons. The molecule has 0 aromatic heterocycles. The first-order valence-electron chi connectivity index (χ1n) is 7.25. The Morgan fingerprint density at radius 2 is 2.13 bits per heavy atom. The molecule has 23 heavy (non-hydrogen) atoms. The number of carbonyl (C=O) groups excluding carboxylic acids is 2. The first kappa shape index (κ1) is 15.2. The van der Waals surface area contributed by atoms with Crippen LogP contribution in [0.5, 0.6) is 0 Å². The third-order valence-corrected chi connectivity index (χ3v) is 4.33. The second kappa shape index (κ2) is 5.19. The van der Waals surface area contributed by atoms with Crippen molar-refractivity contribution in [3.63, 3.8) is 0 Å². The molecule has 1 saturated heterocycles. The zero-order valence-electron chi connectivity index (χ0n) is 12.8. The molecule has 0 aliphatic carbocycles. The second-order valence-corrected chi connectivity index (χ2v) is 6.30. The SMILES string of the molecule is CC1(C)C=C(C(=O)OCc2ccccc2[N+](=O)[O-])N2C(=O)C[C@H]21. The predicted octanol–water partition coefficient (Wildman–Crippen LogP) is 2.16. The molecule has 2 heterocycles. The number of amides is 1. The van der Waals surface area contributed by atoms with Gasteiger partial charge in [-0.2, -0.15) is 0 Å². The summed E-state index contributed by atoms with van der Waals surface area (Å²) < 4.78 is 5.19. The molecule has 0 bridgehead atoms. The zero-order chi connectivity index (χ0) is 16.8. The Labute approximate surface area is 132 Å². The minimum Gasteiger partial charge on any atom is -0.456 e. The zero-order valence-corrected chi connectivity index (χ0v) is 12.8. The Kier molecular flexibility index (Phi) is 3.43. The van der Waals surface area contributed by atoms with Crippen LogP contribution >= 0.6 is 0 Å². The van der Waals surface area contributed by atoms with E-state index in [9.17, 15) is 19.7 Å². The molecule has 1 fully saturated rings. The lowest BCUT2D eigenvalue weighted by atomic mass is 9.81. The number of fused-ring (bicyclic) bond motifs is 1. The third kappa shape index (κ3) is 2.48. The van der Waals surface area contributed by atoms with Crippen LogP contribution in [0.4, 0.5) is 5.69 Å². The van der Waals surface area contributed by atoms with E-state index in [-0.39, 0.29) is 35.4 Å². The topological polar surface area (TPSA) is 89.8 Å². The average Bonchev–Trinajstić information content (AvgIpc) is 2.71. The normalized spacial score (nSPS) is 21.3. The fourth-order valence-corrected chi connectivity index (χ4v) is 3.02. The van der Waals surface area contributed by atoms with Crippen LogP contribution in [0.15, 0.2) is 36.0 Å². The minimum atomic E-state index is -0.633. The molecule has 0 spiro atoms. The van der Waals surface area contributed by atoms with E-state index in [1.807, 2.05) is 13.8 Å². The molecule has 1 aromatic rings. The molecule has 0 N–H and O–H groups in total. The molecule has 3 rings (SSSR count). The molecule has 1 amide bonds. The summed E-state index contributed by atoms with van der Waals surface area (Å²) in [7, 11) is 0. The predicted molar refractivity (Wildman–Crippen MR) is 80.0 cm³/mol. The van der Waals surface area contributed by atoms with Gasteiger partial charge in [0.25, 0.3) is 5.69 Å². The van der Waals surface area contributed by atoms with Crippen molar-refractivity contribution in [3.05, 3.63) is 51.7 Å². The van der Waals surface area contributed by atoms with Gasteiger partial charge in [-0.3, -0.25) is 14.9 Å². The fourth-order valence-electron chi connectivity index (χ4n) is 3.02. The van der Waals surface area contributed by atoms with E-state index in [2.05, 4.69) is 0 Å². The van der Waals surface area contributed by atoms with Crippen molar-refractivity contribution >= 4 is 17.6 Å². The highest BCUT2D eigenvalue weighted by Crippen LogP contribution is 2.45. The Balaban J connectivity index is 1.74. The first-order chi connectivity index (χ1) is 10.8. The number of ether oxygens (including phenoxy) is 1. The van der Waals surface area contributed by atoms with Crippen LogP contribution in [-0.2, 0) is 20.9 Å². The van der Waals surface area contributed by atoms with Gasteiger partial charge in [0.1, 0.15) is 12.3 Å². The maximum atomic E-state index is 12.3. The number of nitro groups is 1. The first-order valence-corrected chi connectivity index (χ1v) is 7.25. The highest BCUT2D eigenvalue weighted by atomic mass is 16.6. The molecule has 1 aromatic carbocycles. The van der Waals surface area contributed by atoms with Crippen molar-refractivity contribution in [1.82, 2.24) is 4.90 Å². The summed E-state index contributed by atoms with van der Waals surface area (Å²) in [6.45, 7) is 3.71. The van der Waals surface area contributed by atoms with Gasteiger partial charge >= 0.3 is 5.97 Å². The van der Waals surface area contributed by atoms with E-state index in [1.54, 1.807) is 18.2 Å². The van der Waals surface area contributed by atoms with Crippen LogP contribution in [0.3, 0.4) is 0 Å². The lowest BCUT2D eigenvalue weighted by molar-refractivity contribution is -0.385. The van der Waals surface area contributed by atoms with Crippen molar-refractivity contribution in [3.8, 4) is 0 Å². The molecule has 7 nitrogen and oxygen atoms in total. The summed E-state index contributed by atoms with van der Waals surface area (Å²) in [6, 6.07) is 6.08. The number of rotatable bonds is 4. The lowest BCUT2D eigenvalue weighted by Gasteiger charge is -2.41. The highest BCUT2D eigenvalue weighted by Gasteiger charge is 2.53. The molecule has 2 aliphatic heterocycles. The van der Waals surface area contributed by atoms with Crippen LogP contribution < -0.4 is 0 Å². The van der Waals surface area contributed by atoms with Gasteiger partial charge in [0.05, 0.1) is 16.5 Å². The van der Waals surface area contributed by atoms with Gasteiger partial charge in [0.15, 0.2) is 0 Å². The Bertz CT molecular complexity index is 738. The number of carbonyl (C=O) groups is 2. The smallest absolute Gasteiger partial charge is 0.355 e. The van der Waals surface area contributed by atoms with Crippen molar-refractivity contribution in [2.45, 2.75) is 32.9 Å². The van der Waals surface area contributed by atoms with Gasteiger partial charge in [0, 0.05) is 17.9 Å². The van der Waals surface area contributed by atoms with Crippen LogP contribution in [0.2, 0.25) is 0 Å². The molecule has 2 aliphatic rings. The number of hydrogen-bond acceptors (Lipinski definition) is 5. The number of nitrogens with zero attached hydrogens (tertiary/aromatic N) is 2. The molecule has 7 heteroatoms. The molecule has 0 saturated carbocycles. The standard InChI is InChI=1S/C16H16N2O5/c1-16(2)8-12(17-13(16)7-14(17)19)15(20)23-9-10-5-3-4-6-11(10)18(21)22/h3-6,8,13H,7,9H2,1-2H3/t13-/m0/s1. The summed E-state index contributed by atoms with van der Waals surface area (Å²) in [6.07, 6.45) is 2.16. The van der Waals surface area contributed by atoms with Crippen LogP contribution in [0.25, 0.3) is 0 Å². The van der Waals surface area contributed by atoms with Crippen molar-refractivity contribution < 1.29 is 19.2 Å². The quantitative estimate of drug-likeness (QED) is 0.367. The summed E-state index contributed by atoms with van der Waals surface area (Å²) in [4.78, 5) is 35.9. The van der Waals surface area contributed by atoms with E-state index in [4.69, 9.17) is 4.74 Å². The van der Waals surface area contributed by atoms with Crippen molar-refractivity contribution in [2.24, 2.45) is 5.41 Å². The van der Waals surface area contributed by atoms with E-state index in [0.29, 0.717) is 12.0 Å². The minimum absolute atomic E-state index is 0.0105. The monoisotopic (exact) mass is 316 g/mol. The number of para-hydroxylation sites is 1. The third-order valence-electron chi connectivity index (χ3n) is 4.33. The largest absolute Gasteiger partial charge is 0.456 e. The molecular weight excluding hydrogens is 300 g/mol. The van der Waals surface area contributed by atoms with Gasteiger partial charge in [0.2, 0.25) is 5.91 Å². The summed E-state index contributed by atoms with van der Waals surface area (Å²) >= 11 is 0. The van der Waals surface area contributed by atoms with Gasteiger partial charge in [-0.05, 0) is 12.1 Å². The lowest BCUT2D eigenvalue weighted by Crippen LogP contribution is -2.54. The average molecular weight is 316 g/mol. The van der Waals surface area contributed by atoms with Gasteiger partial charge in [-0.25, -0.2) is 4.79 Å². The van der Waals surface area contributed by atoms with E-state index >= 15 is 0 Å². The van der Waals surface area contributed by atoms with E-state index in [1.165, 1.54) is 17.0 Å². The maximum Gasteiger partial charge on any atom is 0.355 e. The Morgan fingerprint density at radius 1 is 1.43 bits per heavy atom. The molecular formula is C16H16N2O5. The Morgan fingerprint density at radius 3 is 2.78 bits per heavy atom. The van der Waals surface area contributed by atoms with Gasteiger partial charge < -0.3 is 9.64 Å². The number of benzene rings is 1. The van der Waals surface area contributed by atoms with Gasteiger partial charge in [-0.15, -0.1) is 0 Å². The molecule has 1 atom stereocenters. The summed E-state index contributed by atoms with van der Waals surface area (Å²) in [5, 5.41) is 11.0. The van der Waals surface area contributed by atoms with Crippen LogP contribution in [-0.4, -0.2) is 27.7 Å². The number of hydrogen-bond donors (Lipinski definition) is 0. The van der Waals surface area contributed by atoms with Crippen LogP contribution in [0, 0.1) is 15.5 Å². The number of nitro benzene ring substituents is 1. The van der Waals surface area contributed by atoms with E-state index in [0.717, 1.165) is 0 Å².